The molecular weight excluding hydrogens is 422 g/mol. The molecule has 0 aliphatic rings. The minimum absolute atomic E-state index is 0.112. The van der Waals surface area contributed by atoms with Crippen molar-refractivity contribution in [1.82, 2.24) is 5.32 Å². The summed E-state index contributed by atoms with van der Waals surface area (Å²) >= 11 is 0. The molecule has 0 saturated heterocycles. The quantitative estimate of drug-likeness (QED) is 0.504. The van der Waals surface area contributed by atoms with Crippen molar-refractivity contribution in [2.24, 2.45) is 0 Å². The van der Waals surface area contributed by atoms with Gasteiger partial charge in [-0.1, -0.05) is 47.9 Å². The number of rotatable bonds is 9. The second kappa shape index (κ2) is 10.7. The van der Waals surface area contributed by atoms with Gasteiger partial charge >= 0.3 is 0 Å². The first-order valence-electron chi connectivity index (χ1n) is 10.2. The van der Waals surface area contributed by atoms with Crippen LogP contribution in [-0.2, 0) is 22.0 Å². The van der Waals surface area contributed by atoms with E-state index in [9.17, 15) is 13.2 Å². The molecule has 0 unspecified atom stereocenters. The summed E-state index contributed by atoms with van der Waals surface area (Å²) < 4.78 is 30.5. The molecule has 164 valence electrons. The maximum Gasteiger partial charge on any atom is 0.251 e. The number of amides is 1. The summed E-state index contributed by atoms with van der Waals surface area (Å²) in [5, 5.41) is 2.88. The van der Waals surface area contributed by atoms with Crippen molar-refractivity contribution in [3.63, 3.8) is 0 Å². The SMILES string of the molecule is C#CCOc1ccc(CCNC(=O)c2ccc(CS(=O)(=O)c3ccc(C)cc3)cc2)cc1. The normalized spacial score (nSPS) is 10.9. The second-order valence-corrected chi connectivity index (χ2v) is 9.40. The molecule has 0 aliphatic heterocycles. The lowest BCUT2D eigenvalue weighted by atomic mass is 10.1. The highest BCUT2D eigenvalue weighted by Gasteiger charge is 2.15. The van der Waals surface area contributed by atoms with Crippen molar-refractivity contribution < 1.29 is 17.9 Å². The fourth-order valence-corrected chi connectivity index (χ4v) is 4.45. The summed E-state index contributed by atoms with van der Waals surface area (Å²) in [6.45, 7) is 2.62. The van der Waals surface area contributed by atoms with E-state index in [1.165, 1.54) is 0 Å². The lowest BCUT2D eigenvalue weighted by Crippen LogP contribution is -2.25. The average Bonchev–Trinajstić information content (AvgIpc) is 2.79. The van der Waals surface area contributed by atoms with Crippen LogP contribution in [0.25, 0.3) is 0 Å². The van der Waals surface area contributed by atoms with E-state index in [1.54, 1.807) is 48.5 Å². The van der Waals surface area contributed by atoms with Crippen LogP contribution in [-0.4, -0.2) is 27.5 Å². The zero-order valence-corrected chi connectivity index (χ0v) is 18.7. The predicted molar refractivity (Wildman–Crippen MR) is 125 cm³/mol. The molecule has 0 aliphatic carbocycles. The highest BCUT2D eigenvalue weighted by atomic mass is 32.2. The zero-order chi connectivity index (χ0) is 23.0. The number of sulfone groups is 1. The minimum atomic E-state index is -3.44. The van der Waals surface area contributed by atoms with E-state index in [0.29, 0.717) is 34.7 Å². The Morgan fingerprint density at radius 1 is 0.938 bits per heavy atom. The first kappa shape index (κ1) is 23.1. The van der Waals surface area contributed by atoms with Gasteiger partial charge in [-0.3, -0.25) is 4.79 Å². The maximum absolute atomic E-state index is 12.6. The lowest BCUT2D eigenvalue weighted by Gasteiger charge is -2.08. The number of carbonyl (C=O) groups is 1. The van der Waals surface area contributed by atoms with Crippen molar-refractivity contribution in [1.29, 1.82) is 0 Å². The largest absolute Gasteiger partial charge is 0.481 e. The monoisotopic (exact) mass is 447 g/mol. The number of ether oxygens (including phenoxy) is 1. The van der Waals surface area contributed by atoms with Gasteiger partial charge in [0, 0.05) is 12.1 Å². The van der Waals surface area contributed by atoms with Gasteiger partial charge in [0.1, 0.15) is 12.4 Å². The van der Waals surface area contributed by atoms with Gasteiger partial charge in [0.15, 0.2) is 9.84 Å². The van der Waals surface area contributed by atoms with Crippen molar-refractivity contribution in [3.05, 3.63) is 95.1 Å². The molecule has 3 aromatic carbocycles. The summed E-state index contributed by atoms with van der Waals surface area (Å²) in [5.74, 6) is 2.81. The molecule has 1 N–H and O–H groups in total. The van der Waals surface area contributed by atoms with Gasteiger partial charge in [-0.05, 0) is 60.9 Å². The molecule has 0 saturated carbocycles. The summed E-state index contributed by atoms with van der Waals surface area (Å²) in [6, 6.07) is 21.0. The van der Waals surface area contributed by atoms with Crippen LogP contribution in [0.2, 0.25) is 0 Å². The Labute approximate surface area is 189 Å². The van der Waals surface area contributed by atoms with Gasteiger partial charge in [0.25, 0.3) is 5.91 Å². The molecular formula is C26H25NO4S. The Balaban J connectivity index is 1.51. The number of terminal acetylenes is 1. The molecule has 32 heavy (non-hydrogen) atoms. The van der Waals surface area contributed by atoms with Gasteiger partial charge in [-0.2, -0.15) is 0 Å². The second-order valence-electron chi connectivity index (χ2n) is 7.41. The molecule has 0 spiro atoms. The predicted octanol–water partition coefficient (Wildman–Crippen LogP) is 3.95. The summed E-state index contributed by atoms with van der Waals surface area (Å²) in [4.78, 5) is 12.7. The van der Waals surface area contributed by atoms with E-state index in [-0.39, 0.29) is 18.3 Å². The highest BCUT2D eigenvalue weighted by molar-refractivity contribution is 7.90. The molecule has 3 aromatic rings. The smallest absolute Gasteiger partial charge is 0.251 e. The molecule has 0 fully saturated rings. The summed E-state index contributed by atoms with van der Waals surface area (Å²) in [6.07, 6.45) is 5.84. The first-order chi connectivity index (χ1) is 15.4. The van der Waals surface area contributed by atoms with E-state index >= 15 is 0 Å². The van der Waals surface area contributed by atoms with Crippen LogP contribution in [0, 0.1) is 19.3 Å². The summed E-state index contributed by atoms with van der Waals surface area (Å²) in [7, 11) is -3.44. The molecule has 6 heteroatoms. The molecule has 3 rings (SSSR count). The number of hydrogen-bond acceptors (Lipinski definition) is 4. The van der Waals surface area contributed by atoms with Gasteiger partial charge in [0.2, 0.25) is 0 Å². The minimum Gasteiger partial charge on any atom is -0.481 e. The Bertz CT molecular complexity index is 1190. The maximum atomic E-state index is 12.6. The number of hydrogen-bond donors (Lipinski definition) is 1. The van der Waals surface area contributed by atoms with Crippen molar-refractivity contribution >= 4 is 15.7 Å². The van der Waals surface area contributed by atoms with Crippen LogP contribution < -0.4 is 10.1 Å². The molecule has 0 heterocycles. The third-order valence-electron chi connectivity index (χ3n) is 4.90. The molecule has 0 bridgehead atoms. The van der Waals surface area contributed by atoms with Crippen LogP contribution >= 0.6 is 0 Å². The van der Waals surface area contributed by atoms with Crippen LogP contribution in [0.4, 0.5) is 0 Å². The van der Waals surface area contributed by atoms with E-state index in [0.717, 1.165) is 11.1 Å². The number of carbonyl (C=O) groups excluding carboxylic acids is 1. The lowest BCUT2D eigenvalue weighted by molar-refractivity contribution is 0.0954. The fourth-order valence-electron chi connectivity index (χ4n) is 3.10. The third-order valence-corrected chi connectivity index (χ3v) is 6.60. The Morgan fingerprint density at radius 3 is 2.19 bits per heavy atom. The molecule has 1 amide bonds. The van der Waals surface area contributed by atoms with Gasteiger partial charge in [-0.25, -0.2) is 8.42 Å². The third kappa shape index (κ3) is 6.47. The Morgan fingerprint density at radius 2 is 1.56 bits per heavy atom. The zero-order valence-electron chi connectivity index (χ0n) is 17.9. The van der Waals surface area contributed by atoms with Crippen molar-refractivity contribution in [2.45, 2.75) is 24.0 Å². The van der Waals surface area contributed by atoms with E-state index in [1.807, 2.05) is 31.2 Å². The topological polar surface area (TPSA) is 72.5 Å². The van der Waals surface area contributed by atoms with E-state index in [2.05, 4.69) is 11.2 Å². The van der Waals surface area contributed by atoms with Gasteiger partial charge < -0.3 is 10.1 Å². The number of aryl methyl sites for hydroxylation is 1. The highest BCUT2D eigenvalue weighted by Crippen LogP contribution is 2.18. The van der Waals surface area contributed by atoms with E-state index in [4.69, 9.17) is 11.2 Å². The van der Waals surface area contributed by atoms with Crippen molar-refractivity contribution in [2.75, 3.05) is 13.2 Å². The van der Waals surface area contributed by atoms with Gasteiger partial charge in [0.05, 0.1) is 10.6 Å². The molecule has 0 aromatic heterocycles. The average molecular weight is 448 g/mol. The fraction of sp³-hybridized carbons (Fsp3) is 0.192. The molecule has 0 atom stereocenters. The van der Waals surface area contributed by atoms with Crippen LogP contribution in [0.15, 0.2) is 77.7 Å². The standard InChI is InChI=1S/C26H25NO4S/c1-3-18-31-24-12-8-21(9-13-24)16-17-27-26(28)23-10-6-22(7-11-23)19-32(29,30)25-14-4-20(2)5-15-25/h1,4-15H,16-19H2,2H3,(H,27,28). The summed E-state index contributed by atoms with van der Waals surface area (Å²) in [5.41, 5.74) is 3.19. The van der Waals surface area contributed by atoms with Crippen LogP contribution in [0.1, 0.15) is 27.0 Å². The number of benzene rings is 3. The van der Waals surface area contributed by atoms with Crippen LogP contribution in [0.3, 0.4) is 0 Å². The molecule has 0 radical (unpaired) electrons. The Hall–Kier alpha value is -3.56. The van der Waals surface area contributed by atoms with Crippen molar-refractivity contribution in [3.8, 4) is 18.1 Å². The van der Waals surface area contributed by atoms with Crippen LogP contribution in [0.5, 0.6) is 5.75 Å². The Kier molecular flexibility index (Phi) is 7.69. The molecule has 5 nitrogen and oxygen atoms in total. The number of nitrogens with one attached hydrogen (secondary N) is 1. The van der Waals surface area contributed by atoms with E-state index < -0.39 is 9.84 Å². The first-order valence-corrected chi connectivity index (χ1v) is 11.8. The van der Waals surface area contributed by atoms with Gasteiger partial charge in [-0.15, -0.1) is 6.42 Å².